The highest BCUT2D eigenvalue weighted by Gasteiger charge is 2.33. The highest BCUT2D eigenvalue weighted by molar-refractivity contribution is 9.10. The molecule has 2 rings (SSSR count). The first-order valence-electron chi connectivity index (χ1n) is 5.95. The van der Waals surface area contributed by atoms with E-state index in [-0.39, 0.29) is 22.4 Å². The molecule has 19 heavy (non-hydrogen) atoms. The Balaban J connectivity index is 2.32. The summed E-state index contributed by atoms with van der Waals surface area (Å²) in [6, 6.07) is 4.67. The van der Waals surface area contributed by atoms with Gasteiger partial charge in [-0.15, -0.1) is 0 Å². The first-order chi connectivity index (χ1) is 8.82. The van der Waals surface area contributed by atoms with Gasteiger partial charge in [0.25, 0.3) is 0 Å². The van der Waals surface area contributed by atoms with Crippen LogP contribution >= 0.6 is 27.5 Å². The molecule has 1 aromatic carbocycles. The van der Waals surface area contributed by atoms with Gasteiger partial charge in [0.2, 0.25) is 10.0 Å². The Kier molecular flexibility index (Phi) is 4.57. The maximum Gasteiger partial charge on any atom is 0.244 e. The predicted octanol–water partition coefficient (Wildman–Crippen LogP) is 2.49. The highest BCUT2D eigenvalue weighted by Crippen LogP contribution is 2.30. The first kappa shape index (κ1) is 15.3. The third-order valence-electron chi connectivity index (χ3n) is 3.39. The molecular formula is C12H15BrClNO3S. The number of sulfonamides is 1. The summed E-state index contributed by atoms with van der Waals surface area (Å²) >= 11 is 9.24. The van der Waals surface area contributed by atoms with Crippen molar-refractivity contribution < 1.29 is 13.5 Å². The third kappa shape index (κ3) is 3.13. The fraction of sp³-hybridized carbons (Fsp3) is 0.500. The summed E-state index contributed by atoms with van der Waals surface area (Å²) in [6.45, 7) is 2.45. The Labute approximate surface area is 126 Å². The maximum absolute atomic E-state index is 12.5. The molecule has 4 nitrogen and oxygen atoms in total. The van der Waals surface area contributed by atoms with Gasteiger partial charge in [-0.1, -0.05) is 34.5 Å². The molecule has 0 amide bonds. The predicted molar refractivity (Wildman–Crippen MR) is 77.7 cm³/mol. The molecule has 0 saturated carbocycles. The standard InChI is InChI=1S/C12H15BrClNO3S/c1-8-4-5-15(7-11(8)16)19(17,18)12-3-2-9(13)6-10(12)14/h2-3,6,8,11,16H,4-5,7H2,1H3. The molecule has 1 aromatic rings. The van der Waals surface area contributed by atoms with Crippen LogP contribution in [0, 0.1) is 5.92 Å². The Morgan fingerprint density at radius 3 is 2.74 bits per heavy atom. The molecule has 2 atom stereocenters. The van der Waals surface area contributed by atoms with Crippen LogP contribution in [0.15, 0.2) is 27.6 Å². The number of benzene rings is 1. The third-order valence-corrected chi connectivity index (χ3v) is 6.23. The molecule has 0 aromatic heterocycles. The van der Waals surface area contributed by atoms with Crippen LogP contribution in [0.4, 0.5) is 0 Å². The molecule has 0 aliphatic carbocycles. The summed E-state index contributed by atoms with van der Waals surface area (Å²) in [7, 11) is -3.65. The van der Waals surface area contributed by atoms with E-state index in [2.05, 4.69) is 15.9 Å². The largest absolute Gasteiger partial charge is 0.391 e. The van der Waals surface area contributed by atoms with Crippen molar-refractivity contribution in [3.63, 3.8) is 0 Å². The topological polar surface area (TPSA) is 57.6 Å². The van der Waals surface area contributed by atoms with Gasteiger partial charge >= 0.3 is 0 Å². The number of aliphatic hydroxyl groups is 1. The molecule has 7 heteroatoms. The van der Waals surface area contributed by atoms with Crippen LogP contribution in [0.1, 0.15) is 13.3 Å². The van der Waals surface area contributed by atoms with E-state index in [9.17, 15) is 13.5 Å². The van der Waals surface area contributed by atoms with Crippen LogP contribution in [0.5, 0.6) is 0 Å². The van der Waals surface area contributed by atoms with Gasteiger partial charge in [-0.25, -0.2) is 8.42 Å². The van der Waals surface area contributed by atoms with E-state index in [1.807, 2.05) is 6.92 Å². The molecule has 0 radical (unpaired) electrons. The van der Waals surface area contributed by atoms with Crippen LogP contribution in [0.2, 0.25) is 5.02 Å². The van der Waals surface area contributed by atoms with Gasteiger partial charge in [0.15, 0.2) is 0 Å². The molecule has 1 saturated heterocycles. The minimum atomic E-state index is -3.65. The van der Waals surface area contributed by atoms with E-state index in [1.54, 1.807) is 12.1 Å². The smallest absolute Gasteiger partial charge is 0.244 e. The lowest BCUT2D eigenvalue weighted by molar-refractivity contribution is 0.0605. The molecule has 1 aliphatic heterocycles. The Morgan fingerprint density at radius 1 is 1.47 bits per heavy atom. The second-order valence-corrected chi connectivity index (χ2v) is 8.00. The number of halogens is 2. The quantitative estimate of drug-likeness (QED) is 0.872. The van der Waals surface area contributed by atoms with Gasteiger partial charge in [0, 0.05) is 17.6 Å². The maximum atomic E-state index is 12.5. The average Bonchev–Trinajstić information content (AvgIpc) is 2.32. The van der Waals surface area contributed by atoms with Gasteiger partial charge in [0.1, 0.15) is 4.90 Å². The Hall–Kier alpha value is -0.140. The normalized spacial score (nSPS) is 25.5. The van der Waals surface area contributed by atoms with Gasteiger partial charge in [-0.2, -0.15) is 4.31 Å². The van der Waals surface area contributed by atoms with Gasteiger partial charge < -0.3 is 5.11 Å². The lowest BCUT2D eigenvalue weighted by Gasteiger charge is -2.33. The molecule has 1 N–H and O–H groups in total. The van der Waals surface area contributed by atoms with E-state index in [4.69, 9.17) is 11.6 Å². The monoisotopic (exact) mass is 367 g/mol. The summed E-state index contributed by atoms with van der Waals surface area (Å²) in [5, 5.41) is 10.0. The average molecular weight is 369 g/mol. The number of β-amino-alcohol motifs (C(OH)–C–C–N with tert-alkyl or cyclic N) is 1. The van der Waals surface area contributed by atoms with Crippen molar-refractivity contribution in [2.45, 2.75) is 24.3 Å². The summed E-state index contributed by atoms with van der Waals surface area (Å²) in [6.07, 6.45) is 0.0203. The second kappa shape index (κ2) is 5.69. The first-order valence-corrected chi connectivity index (χ1v) is 8.56. The molecule has 2 unspecified atom stereocenters. The molecule has 1 fully saturated rings. The van der Waals surface area contributed by atoms with Crippen LogP contribution in [-0.2, 0) is 10.0 Å². The SMILES string of the molecule is CC1CCN(S(=O)(=O)c2ccc(Br)cc2Cl)CC1O. The van der Waals surface area contributed by atoms with Gasteiger partial charge in [-0.3, -0.25) is 0 Å². The van der Waals surface area contributed by atoms with E-state index < -0.39 is 16.1 Å². The van der Waals surface area contributed by atoms with Crippen LogP contribution in [0.3, 0.4) is 0 Å². The zero-order chi connectivity index (χ0) is 14.2. The van der Waals surface area contributed by atoms with E-state index >= 15 is 0 Å². The number of piperidine rings is 1. The molecule has 106 valence electrons. The Bertz CT molecular complexity index is 578. The van der Waals surface area contributed by atoms with Crippen molar-refractivity contribution >= 4 is 37.6 Å². The lowest BCUT2D eigenvalue weighted by Crippen LogP contribution is -2.45. The lowest BCUT2D eigenvalue weighted by atomic mass is 9.98. The number of hydrogen-bond acceptors (Lipinski definition) is 3. The van der Waals surface area contributed by atoms with Gasteiger partial charge in [-0.05, 0) is 30.5 Å². The number of rotatable bonds is 2. The molecule has 0 bridgehead atoms. The molecule has 1 heterocycles. The van der Waals surface area contributed by atoms with Crippen molar-refractivity contribution in [2.24, 2.45) is 5.92 Å². The fourth-order valence-electron chi connectivity index (χ4n) is 2.06. The summed E-state index contributed by atoms with van der Waals surface area (Å²) in [5.41, 5.74) is 0. The molecule has 1 aliphatic rings. The molecule has 0 spiro atoms. The number of aliphatic hydroxyl groups excluding tert-OH is 1. The number of nitrogens with zero attached hydrogens (tertiary/aromatic N) is 1. The summed E-state index contributed by atoms with van der Waals surface area (Å²) < 4.78 is 27.0. The zero-order valence-corrected chi connectivity index (χ0v) is 13.5. The van der Waals surface area contributed by atoms with Gasteiger partial charge in [0.05, 0.1) is 11.1 Å². The number of hydrogen-bond donors (Lipinski definition) is 1. The van der Waals surface area contributed by atoms with Crippen LogP contribution in [-0.4, -0.2) is 37.0 Å². The van der Waals surface area contributed by atoms with E-state index in [0.717, 1.165) is 4.47 Å². The van der Waals surface area contributed by atoms with Crippen molar-refractivity contribution in [3.8, 4) is 0 Å². The Morgan fingerprint density at radius 2 is 2.16 bits per heavy atom. The van der Waals surface area contributed by atoms with Crippen molar-refractivity contribution in [2.75, 3.05) is 13.1 Å². The zero-order valence-electron chi connectivity index (χ0n) is 10.4. The van der Waals surface area contributed by atoms with Crippen LogP contribution in [0.25, 0.3) is 0 Å². The highest BCUT2D eigenvalue weighted by atomic mass is 79.9. The minimum absolute atomic E-state index is 0.0825. The van der Waals surface area contributed by atoms with E-state index in [0.29, 0.717) is 13.0 Å². The summed E-state index contributed by atoms with van der Waals surface area (Å²) in [5.74, 6) is 0.117. The fourth-order valence-corrected chi connectivity index (χ4v) is 4.55. The van der Waals surface area contributed by atoms with Crippen LogP contribution < -0.4 is 0 Å². The van der Waals surface area contributed by atoms with Crippen molar-refractivity contribution in [1.29, 1.82) is 0 Å². The van der Waals surface area contributed by atoms with E-state index in [1.165, 1.54) is 10.4 Å². The molecular weight excluding hydrogens is 354 g/mol. The summed E-state index contributed by atoms with van der Waals surface area (Å²) in [4.78, 5) is 0.0825. The van der Waals surface area contributed by atoms with Crippen molar-refractivity contribution in [1.82, 2.24) is 4.31 Å². The van der Waals surface area contributed by atoms with Crippen molar-refractivity contribution in [3.05, 3.63) is 27.7 Å². The second-order valence-electron chi connectivity index (χ2n) is 4.77. The minimum Gasteiger partial charge on any atom is -0.391 e.